The highest BCUT2D eigenvalue weighted by Gasteiger charge is 2.13. The molecule has 0 unspecified atom stereocenters. The van der Waals surface area contributed by atoms with Crippen LogP contribution >= 0.6 is 23.2 Å². The molecule has 1 amide bonds. The van der Waals surface area contributed by atoms with Gasteiger partial charge in [-0.15, -0.1) is 0 Å². The molecule has 0 atom stereocenters. The number of nitrogens with zero attached hydrogens (tertiary/aromatic N) is 1. The molecule has 106 valence electrons. The van der Waals surface area contributed by atoms with Crippen molar-refractivity contribution in [3.8, 4) is 0 Å². The molecule has 0 aliphatic carbocycles. The van der Waals surface area contributed by atoms with E-state index in [1.54, 1.807) is 12.1 Å². The van der Waals surface area contributed by atoms with Crippen LogP contribution in [0.4, 0.5) is 11.4 Å². The molecule has 0 aromatic heterocycles. The number of benzene rings is 1. The van der Waals surface area contributed by atoms with Gasteiger partial charge >= 0.3 is 0 Å². The van der Waals surface area contributed by atoms with Gasteiger partial charge in [-0.25, -0.2) is 0 Å². The van der Waals surface area contributed by atoms with Crippen molar-refractivity contribution in [2.45, 2.75) is 13.8 Å². The van der Waals surface area contributed by atoms with Gasteiger partial charge in [0, 0.05) is 12.2 Å². The van der Waals surface area contributed by atoms with Crippen LogP contribution in [-0.2, 0) is 4.79 Å². The van der Waals surface area contributed by atoms with E-state index in [0.717, 1.165) is 6.54 Å². The largest absolute Gasteiger partial charge is 0.399 e. The molecule has 4 nitrogen and oxygen atoms in total. The molecule has 0 aliphatic heterocycles. The summed E-state index contributed by atoms with van der Waals surface area (Å²) in [6.45, 7) is 5.33. The Morgan fingerprint density at radius 1 is 1.37 bits per heavy atom. The average Bonchev–Trinajstić information content (AvgIpc) is 2.21. The summed E-state index contributed by atoms with van der Waals surface area (Å²) in [5, 5.41) is 3.39. The molecular weight excluding hydrogens is 285 g/mol. The van der Waals surface area contributed by atoms with Crippen molar-refractivity contribution in [2.24, 2.45) is 5.92 Å². The smallest absolute Gasteiger partial charge is 0.238 e. The van der Waals surface area contributed by atoms with Crippen LogP contribution in [0.5, 0.6) is 0 Å². The van der Waals surface area contributed by atoms with E-state index in [0.29, 0.717) is 27.3 Å². The molecule has 1 rings (SSSR count). The fraction of sp³-hybridized carbons (Fsp3) is 0.462. The fourth-order valence-electron chi connectivity index (χ4n) is 1.82. The van der Waals surface area contributed by atoms with E-state index in [-0.39, 0.29) is 12.5 Å². The van der Waals surface area contributed by atoms with E-state index >= 15 is 0 Å². The van der Waals surface area contributed by atoms with Crippen molar-refractivity contribution in [3.63, 3.8) is 0 Å². The summed E-state index contributed by atoms with van der Waals surface area (Å²) in [5.74, 6) is 0.346. The quantitative estimate of drug-likeness (QED) is 0.822. The van der Waals surface area contributed by atoms with Crippen LogP contribution in [0.15, 0.2) is 12.1 Å². The van der Waals surface area contributed by atoms with E-state index in [9.17, 15) is 4.79 Å². The van der Waals surface area contributed by atoms with Gasteiger partial charge in [0.05, 0.1) is 22.3 Å². The topological polar surface area (TPSA) is 58.4 Å². The molecule has 0 saturated heterocycles. The lowest BCUT2D eigenvalue weighted by Gasteiger charge is -2.19. The van der Waals surface area contributed by atoms with Gasteiger partial charge < -0.3 is 11.1 Å². The fourth-order valence-corrected chi connectivity index (χ4v) is 2.42. The number of carbonyl (C=O) groups is 1. The molecule has 0 saturated carbocycles. The van der Waals surface area contributed by atoms with Crippen molar-refractivity contribution in [1.82, 2.24) is 4.90 Å². The Balaban J connectivity index is 2.67. The first kappa shape index (κ1) is 16.1. The third kappa shape index (κ3) is 5.27. The third-order valence-corrected chi connectivity index (χ3v) is 3.02. The molecule has 3 N–H and O–H groups in total. The highest BCUT2D eigenvalue weighted by atomic mass is 35.5. The van der Waals surface area contributed by atoms with Crippen molar-refractivity contribution in [2.75, 3.05) is 31.2 Å². The van der Waals surface area contributed by atoms with Gasteiger partial charge in [-0.1, -0.05) is 37.0 Å². The molecule has 1 aromatic rings. The molecule has 19 heavy (non-hydrogen) atoms. The summed E-state index contributed by atoms with van der Waals surface area (Å²) in [6, 6.07) is 3.11. The Morgan fingerprint density at radius 2 is 1.89 bits per heavy atom. The Bertz CT molecular complexity index is 440. The zero-order chi connectivity index (χ0) is 14.6. The summed E-state index contributed by atoms with van der Waals surface area (Å²) in [4.78, 5) is 13.8. The summed E-state index contributed by atoms with van der Waals surface area (Å²) in [5.41, 5.74) is 6.47. The number of nitrogens with one attached hydrogen (secondary N) is 1. The Labute approximate surface area is 123 Å². The molecule has 0 spiro atoms. The number of hydrogen-bond acceptors (Lipinski definition) is 3. The predicted octanol–water partition coefficient (Wildman–Crippen LogP) is 3.10. The molecular formula is C13H19Cl2N3O. The Morgan fingerprint density at radius 3 is 2.37 bits per heavy atom. The first-order chi connectivity index (χ1) is 8.79. The normalized spacial score (nSPS) is 11.1. The van der Waals surface area contributed by atoms with E-state index in [4.69, 9.17) is 28.9 Å². The van der Waals surface area contributed by atoms with Crippen molar-refractivity contribution in [1.29, 1.82) is 0 Å². The van der Waals surface area contributed by atoms with Gasteiger partial charge in [0.2, 0.25) is 5.91 Å². The second-order valence-electron chi connectivity index (χ2n) is 5.00. The maximum Gasteiger partial charge on any atom is 0.238 e. The minimum Gasteiger partial charge on any atom is -0.399 e. The van der Waals surface area contributed by atoms with Crippen LogP contribution in [0.2, 0.25) is 10.0 Å². The number of rotatable bonds is 5. The van der Waals surface area contributed by atoms with Crippen LogP contribution in [0.25, 0.3) is 0 Å². The highest BCUT2D eigenvalue weighted by molar-refractivity contribution is 6.40. The molecule has 1 aromatic carbocycles. The van der Waals surface area contributed by atoms with Crippen LogP contribution in [-0.4, -0.2) is 30.9 Å². The van der Waals surface area contributed by atoms with Gasteiger partial charge in [0.1, 0.15) is 0 Å². The lowest BCUT2D eigenvalue weighted by molar-refractivity contribution is -0.117. The van der Waals surface area contributed by atoms with Crippen LogP contribution < -0.4 is 11.1 Å². The van der Waals surface area contributed by atoms with Crippen LogP contribution in [0.1, 0.15) is 13.8 Å². The minimum atomic E-state index is -0.156. The van der Waals surface area contributed by atoms with Crippen LogP contribution in [0.3, 0.4) is 0 Å². The zero-order valence-corrected chi connectivity index (χ0v) is 12.8. The van der Waals surface area contributed by atoms with Gasteiger partial charge in [-0.05, 0) is 25.1 Å². The van der Waals surface area contributed by atoms with Gasteiger partial charge in [-0.3, -0.25) is 9.69 Å². The molecule has 6 heteroatoms. The van der Waals surface area contributed by atoms with Crippen molar-refractivity contribution < 1.29 is 4.79 Å². The first-order valence-electron chi connectivity index (χ1n) is 6.02. The second kappa shape index (κ2) is 6.98. The number of carbonyl (C=O) groups excluding carboxylic acids is 1. The van der Waals surface area contributed by atoms with Gasteiger partial charge in [-0.2, -0.15) is 0 Å². The predicted molar refractivity (Wildman–Crippen MR) is 81.8 cm³/mol. The number of halogens is 2. The number of nitrogen functional groups attached to an aromatic ring is 1. The van der Waals surface area contributed by atoms with E-state index in [1.807, 2.05) is 11.9 Å². The highest BCUT2D eigenvalue weighted by Crippen LogP contribution is 2.32. The number of anilines is 2. The summed E-state index contributed by atoms with van der Waals surface area (Å²) < 4.78 is 0. The number of likely N-dealkylation sites (N-methyl/N-ethyl adjacent to an activating group) is 1. The maximum atomic E-state index is 11.9. The van der Waals surface area contributed by atoms with E-state index in [2.05, 4.69) is 19.2 Å². The molecule has 0 heterocycles. The molecule has 0 bridgehead atoms. The number of hydrogen-bond donors (Lipinski definition) is 2. The minimum absolute atomic E-state index is 0.156. The van der Waals surface area contributed by atoms with Crippen molar-refractivity contribution in [3.05, 3.63) is 22.2 Å². The molecule has 0 fully saturated rings. The molecule has 0 radical (unpaired) electrons. The number of amides is 1. The third-order valence-electron chi connectivity index (χ3n) is 2.42. The van der Waals surface area contributed by atoms with Crippen LogP contribution in [0, 0.1) is 5.92 Å². The maximum absolute atomic E-state index is 11.9. The summed E-state index contributed by atoms with van der Waals surface area (Å²) in [7, 11) is 1.89. The Kier molecular flexibility index (Phi) is 5.91. The lowest BCUT2D eigenvalue weighted by Crippen LogP contribution is -2.32. The second-order valence-corrected chi connectivity index (χ2v) is 5.81. The SMILES string of the molecule is CC(C)CN(C)CC(=O)Nc1c(Cl)cc(N)cc1Cl. The first-order valence-corrected chi connectivity index (χ1v) is 6.78. The number of nitrogens with two attached hydrogens (primary N) is 1. The Hall–Kier alpha value is -0.970. The summed E-state index contributed by atoms with van der Waals surface area (Å²) in [6.07, 6.45) is 0. The lowest BCUT2D eigenvalue weighted by atomic mass is 10.2. The van der Waals surface area contributed by atoms with Gasteiger partial charge in [0.25, 0.3) is 0 Å². The molecule has 0 aliphatic rings. The summed E-state index contributed by atoms with van der Waals surface area (Å²) >= 11 is 12.0. The van der Waals surface area contributed by atoms with Gasteiger partial charge in [0.15, 0.2) is 0 Å². The standard InChI is InChI=1S/C13H19Cl2N3O/c1-8(2)6-18(3)7-12(19)17-13-10(14)4-9(16)5-11(13)15/h4-5,8H,6-7,16H2,1-3H3,(H,17,19). The zero-order valence-electron chi connectivity index (χ0n) is 11.3. The monoisotopic (exact) mass is 303 g/mol. The van der Waals surface area contributed by atoms with E-state index in [1.165, 1.54) is 0 Å². The average molecular weight is 304 g/mol. The van der Waals surface area contributed by atoms with E-state index < -0.39 is 0 Å². The van der Waals surface area contributed by atoms with Crippen molar-refractivity contribution >= 4 is 40.5 Å².